The summed E-state index contributed by atoms with van der Waals surface area (Å²) >= 11 is 0. The molecule has 0 saturated heterocycles. The molecular formula is C10H13F2NO. The first-order chi connectivity index (χ1) is 6.54. The van der Waals surface area contributed by atoms with E-state index in [2.05, 4.69) is 5.32 Å². The minimum Gasteiger partial charge on any atom is -0.388 e. The normalized spacial score (nSPS) is 13.0. The highest BCUT2D eigenvalue weighted by atomic mass is 19.3. The molecule has 1 aromatic carbocycles. The van der Waals surface area contributed by atoms with Gasteiger partial charge in [-0.2, -0.15) is 0 Å². The summed E-state index contributed by atoms with van der Waals surface area (Å²) in [5.41, 5.74) is 1.80. The van der Waals surface area contributed by atoms with Crippen LogP contribution in [-0.2, 0) is 0 Å². The molecule has 0 fully saturated rings. The Bertz CT molecular complexity index is 315. The van der Waals surface area contributed by atoms with Crippen LogP contribution in [0.4, 0.5) is 14.5 Å². The summed E-state index contributed by atoms with van der Waals surface area (Å²) in [7, 11) is 1.70. The quantitative estimate of drug-likeness (QED) is 0.786. The van der Waals surface area contributed by atoms with Crippen LogP contribution in [0.3, 0.4) is 0 Å². The van der Waals surface area contributed by atoms with Crippen molar-refractivity contribution in [1.82, 2.24) is 0 Å². The average molecular weight is 201 g/mol. The van der Waals surface area contributed by atoms with E-state index in [9.17, 15) is 8.78 Å². The highest BCUT2D eigenvalue weighted by Gasteiger charge is 2.19. The standard InChI is InChI=1S/C10H13F2NO/c1-6-3-7(9(14)10(11)12)5-8(4-6)13-2/h3-5,9-10,13-14H,1-2H3. The molecule has 0 heterocycles. The number of hydrogen-bond donors (Lipinski definition) is 2. The Hall–Kier alpha value is -1.16. The Kier molecular flexibility index (Phi) is 3.41. The molecule has 1 aromatic rings. The minimum atomic E-state index is -2.75. The molecule has 0 aliphatic heterocycles. The molecule has 0 aliphatic rings. The first-order valence-electron chi connectivity index (χ1n) is 4.30. The van der Waals surface area contributed by atoms with Crippen LogP contribution in [0.15, 0.2) is 18.2 Å². The van der Waals surface area contributed by atoms with E-state index < -0.39 is 12.5 Å². The van der Waals surface area contributed by atoms with Crippen LogP contribution in [0, 0.1) is 6.92 Å². The summed E-state index contributed by atoms with van der Waals surface area (Å²) in [5.74, 6) is 0. The van der Waals surface area contributed by atoms with Gasteiger partial charge in [-0.25, -0.2) is 8.78 Å². The maximum absolute atomic E-state index is 12.2. The largest absolute Gasteiger partial charge is 0.388 e. The van der Waals surface area contributed by atoms with Gasteiger partial charge in [0.1, 0.15) is 6.10 Å². The van der Waals surface area contributed by atoms with Crippen LogP contribution < -0.4 is 5.32 Å². The van der Waals surface area contributed by atoms with Gasteiger partial charge in [0, 0.05) is 12.7 Å². The lowest BCUT2D eigenvalue weighted by molar-refractivity contribution is -0.00577. The van der Waals surface area contributed by atoms with Gasteiger partial charge >= 0.3 is 0 Å². The van der Waals surface area contributed by atoms with Crippen LogP contribution >= 0.6 is 0 Å². The molecule has 0 aliphatic carbocycles. The Balaban J connectivity index is 3.02. The van der Waals surface area contributed by atoms with Crippen molar-refractivity contribution in [2.45, 2.75) is 19.5 Å². The molecule has 0 saturated carbocycles. The molecule has 78 valence electrons. The van der Waals surface area contributed by atoms with Crippen molar-refractivity contribution in [3.8, 4) is 0 Å². The van der Waals surface area contributed by atoms with Gasteiger partial charge in [0.2, 0.25) is 0 Å². The molecular weight excluding hydrogens is 188 g/mol. The van der Waals surface area contributed by atoms with Gasteiger partial charge in [-0.15, -0.1) is 0 Å². The van der Waals surface area contributed by atoms with Crippen LogP contribution in [0.1, 0.15) is 17.2 Å². The molecule has 4 heteroatoms. The van der Waals surface area contributed by atoms with E-state index in [1.165, 1.54) is 6.07 Å². The lowest BCUT2D eigenvalue weighted by atomic mass is 10.1. The van der Waals surface area contributed by atoms with Crippen molar-refractivity contribution in [3.63, 3.8) is 0 Å². The lowest BCUT2D eigenvalue weighted by Gasteiger charge is -2.12. The molecule has 0 spiro atoms. The van der Waals surface area contributed by atoms with E-state index in [-0.39, 0.29) is 5.56 Å². The predicted octanol–water partition coefficient (Wildman–Crippen LogP) is 2.34. The fraction of sp³-hybridized carbons (Fsp3) is 0.400. The third-order valence-corrected chi connectivity index (χ3v) is 1.97. The summed E-state index contributed by atoms with van der Waals surface area (Å²) in [6, 6.07) is 4.89. The third kappa shape index (κ3) is 2.42. The summed E-state index contributed by atoms with van der Waals surface area (Å²) in [6.07, 6.45) is -4.46. The van der Waals surface area contributed by atoms with Gasteiger partial charge in [-0.1, -0.05) is 6.07 Å². The van der Waals surface area contributed by atoms with E-state index in [1.54, 1.807) is 20.0 Å². The lowest BCUT2D eigenvalue weighted by Crippen LogP contribution is -2.08. The van der Waals surface area contributed by atoms with Crippen LogP contribution in [-0.4, -0.2) is 18.6 Å². The zero-order valence-corrected chi connectivity index (χ0v) is 8.09. The molecule has 0 radical (unpaired) electrons. The summed E-state index contributed by atoms with van der Waals surface area (Å²) in [6.45, 7) is 1.79. The molecule has 2 N–H and O–H groups in total. The van der Waals surface area contributed by atoms with Gasteiger partial charge in [0.15, 0.2) is 0 Å². The number of aryl methyl sites for hydroxylation is 1. The molecule has 14 heavy (non-hydrogen) atoms. The first-order valence-corrected chi connectivity index (χ1v) is 4.30. The number of benzene rings is 1. The Labute approximate surface area is 81.6 Å². The number of hydrogen-bond acceptors (Lipinski definition) is 2. The van der Waals surface area contributed by atoms with Crippen LogP contribution in [0.5, 0.6) is 0 Å². The zero-order valence-electron chi connectivity index (χ0n) is 8.09. The predicted molar refractivity (Wildman–Crippen MR) is 51.7 cm³/mol. The topological polar surface area (TPSA) is 32.3 Å². The highest BCUT2D eigenvalue weighted by Crippen LogP contribution is 2.24. The Morgan fingerprint density at radius 2 is 1.93 bits per heavy atom. The smallest absolute Gasteiger partial charge is 0.268 e. The molecule has 0 aromatic heterocycles. The van der Waals surface area contributed by atoms with Crippen LogP contribution in [0.2, 0.25) is 0 Å². The van der Waals surface area contributed by atoms with Crippen molar-refractivity contribution < 1.29 is 13.9 Å². The number of nitrogens with one attached hydrogen (secondary N) is 1. The SMILES string of the molecule is CNc1cc(C)cc(C(O)C(F)F)c1. The molecule has 2 nitrogen and oxygen atoms in total. The van der Waals surface area contributed by atoms with Gasteiger partial charge in [-0.3, -0.25) is 0 Å². The van der Waals surface area contributed by atoms with E-state index in [0.29, 0.717) is 0 Å². The number of aliphatic hydroxyl groups excluding tert-OH is 1. The Morgan fingerprint density at radius 3 is 2.43 bits per heavy atom. The van der Waals surface area contributed by atoms with Crippen molar-refractivity contribution in [2.24, 2.45) is 0 Å². The van der Waals surface area contributed by atoms with Crippen LogP contribution in [0.25, 0.3) is 0 Å². The molecule has 1 unspecified atom stereocenters. The van der Waals surface area contributed by atoms with Gasteiger partial charge in [0.05, 0.1) is 0 Å². The summed E-state index contributed by atoms with van der Waals surface area (Å²) in [5, 5.41) is 12.0. The van der Waals surface area contributed by atoms with Gasteiger partial charge in [-0.05, 0) is 30.2 Å². The highest BCUT2D eigenvalue weighted by molar-refractivity contribution is 5.48. The van der Waals surface area contributed by atoms with Gasteiger partial charge < -0.3 is 10.4 Å². The monoisotopic (exact) mass is 201 g/mol. The number of halogens is 2. The second kappa shape index (κ2) is 4.37. The van der Waals surface area contributed by atoms with Gasteiger partial charge in [0.25, 0.3) is 6.43 Å². The maximum atomic E-state index is 12.2. The number of rotatable bonds is 3. The molecule has 1 rings (SSSR count). The first kappa shape index (κ1) is 10.9. The second-order valence-corrected chi connectivity index (χ2v) is 3.16. The fourth-order valence-electron chi connectivity index (χ4n) is 1.27. The Morgan fingerprint density at radius 1 is 1.29 bits per heavy atom. The van der Waals surface area contributed by atoms with Crippen molar-refractivity contribution >= 4 is 5.69 Å². The summed E-state index contributed by atoms with van der Waals surface area (Å²) < 4.78 is 24.4. The van der Waals surface area contributed by atoms with E-state index in [1.807, 2.05) is 6.07 Å². The number of anilines is 1. The van der Waals surface area contributed by atoms with E-state index in [4.69, 9.17) is 5.11 Å². The van der Waals surface area contributed by atoms with Crippen molar-refractivity contribution in [1.29, 1.82) is 0 Å². The second-order valence-electron chi connectivity index (χ2n) is 3.16. The molecule has 1 atom stereocenters. The summed E-state index contributed by atoms with van der Waals surface area (Å²) in [4.78, 5) is 0. The average Bonchev–Trinajstić information content (AvgIpc) is 2.15. The number of aliphatic hydroxyl groups is 1. The fourth-order valence-corrected chi connectivity index (χ4v) is 1.27. The van der Waals surface area contributed by atoms with E-state index in [0.717, 1.165) is 11.3 Å². The van der Waals surface area contributed by atoms with E-state index >= 15 is 0 Å². The number of alkyl halides is 2. The minimum absolute atomic E-state index is 0.240. The maximum Gasteiger partial charge on any atom is 0.268 e. The zero-order chi connectivity index (χ0) is 10.7. The van der Waals surface area contributed by atoms with Crippen molar-refractivity contribution in [3.05, 3.63) is 29.3 Å². The third-order valence-electron chi connectivity index (χ3n) is 1.97. The van der Waals surface area contributed by atoms with Crippen molar-refractivity contribution in [2.75, 3.05) is 12.4 Å². The molecule has 0 amide bonds. The molecule has 0 bridgehead atoms.